The maximum Gasteiger partial charge on any atom is 0.408 e. The van der Waals surface area contributed by atoms with Crippen molar-refractivity contribution >= 4 is 6.09 Å². The molecule has 1 unspecified atom stereocenters. The zero-order valence-corrected chi connectivity index (χ0v) is 14.0. The van der Waals surface area contributed by atoms with Crippen LogP contribution in [0.25, 0.3) is 0 Å². The number of alkyl carbamates (subject to hydrolysis) is 1. The standard InChI is InChI=1S/C17H28N2O2/c1-16(2,3)21-15(20)19-14(12-17(4,5)18-6)13-10-8-7-9-11-13/h7-11,14,18H,12H2,1-6H3,(H,19,20). The second-order valence-electron chi connectivity index (χ2n) is 6.95. The van der Waals surface area contributed by atoms with Crippen LogP contribution in [0.4, 0.5) is 4.79 Å². The smallest absolute Gasteiger partial charge is 0.408 e. The van der Waals surface area contributed by atoms with Crippen molar-refractivity contribution in [3.8, 4) is 0 Å². The van der Waals surface area contributed by atoms with Crippen molar-refractivity contribution in [2.75, 3.05) is 7.05 Å². The van der Waals surface area contributed by atoms with Crippen LogP contribution in [-0.2, 0) is 4.74 Å². The molecule has 0 aliphatic heterocycles. The fourth-order valence-corrected chi connectivity index (χ4v) is 2.00. The van der Waals surface area contributed by atoms with E-state index in [9.17, 15) is 4.79 Å². The molecule has 0 saturated heterocycles. The van der Waals surface area contributed by atoms with Gasteiger partial charge in [0.25, 0.3) is 0 Å². The van der Waals surface area contributed by atoms with Crippen LogP contribution in [0, 0.1) is 0 Å². The van der Waals surface area contributed by atoms with Crippen LogP contribution in [0.15, 0.2) is 30.3 Å². The van der Waals surface area contributed by atoms with Crippen LogP contribution in [-0.4, -0.2) is 24.3 Å². The molecule has 1 aromatic rings. The van der Waals surface area contributed by atoms with E-state index in [1.54, 1.807) is 0 Å². The van der Waals surface area contributed by atoms with Gasteiger partial charge in [0, 0.05) is 5.54 Å². The summed E-state index contributed by atoms with van der Waals surface area (Å²) in [4.78, 5) is 12.1. The third-order valence-electron chi connectivity index (χ3n) is 3.28. The van der Waals surface area contributed by atoms with Gasteiger partial charge in [-0.05, 0) is 53.7 Å². The van der Waals surface area contributed by atoms with Gasteiger partial charge in [-0.15, -0.1) is 0 Å². The number of amides is 1. The van der Waals surface area contributed by atoms with Gasteiger partial charge in [0.2, 0.25) is 0 Å². The normalized spacial score (nSPS) is 13.6. The second kappa shape index (κ2) is 6.94. The molecule has 0 aliphatic rings. The summed E-state index contributed by atoms with van der Waals surface area (Å²) in [5.41, 5.74) is 0.492. The fraction of sp³-hybridized carbons (Fsp3) is 0.588. The molecule has 1 amide bonds. The van der Waals surface area contributed by atoms with Crippen molar-refractivity contribution in [1.82, 2.24) is 10.6 Å². The van der Waals surface area contributed by atoms with E-state index in [0.717, 1.165) is 12.0 Å². The largest absolute Gasteiger partial charge is 0.444 e. The molecule has 1 atom stereocenters. The number of carbonyl (C=O) groups excluding carboxylic acids is 1. The van der Waals surface area contributed by atoms with Crippen molar-refractivity contribution < 1.29 is 9.53 Å². The molecule has 1 aromatic carbocycles. The Labute approximate surface area is 128 Å². The van der Waals surface area contributed by atoms with E-state index in [4.69, 9.17) is 4.74 Å². The van der Waals surface area contributed by atoms with Crippen LogP contribution < -0.4 is 10.6 Å². The van der Waals surface area contributed by atoms with Crippen molar-refractivity contribution in [3.63, 3.8) is 0 Å². The molecule has 21 heavy (non-hydrogen) atoms. The van der Waals surface area contributed by atoms with E-state index in [1.807, 2.05) is 58.2 Å². The van der Waals surface area contributed by atoms with Gasteiger partial charge in [-0.1, -0.05) is 30.3 Å². The molecule has 0 bridgehead atoms. The summed E-state index contributed by atoms with van der Waals surface area (Å²) >= 11 is 0. The molecule has 4 heteroatoms. The molecule has 0 aromatic heterocycles. The monoisotopic (exact) mass is 292 g/mol. The average Bonchev–Trinajstić information content (AvgIpc) is 2.36. The van der Waals surface area contributed by atoms with Gasteiger partial charge in [0.05, 0.1) is 6.04 Å². The molecule has 0 saturated carbocycles. The van der Waals surface area contributed by atoms with Crippen molar-refractivity contribution in [2.24, 2.45) is 0 Å². The van der Waals surface area contributed by atoms with Gasteiger partial charge in [0.15, 0.2) is 0 Å². The molecular formula is C17H28N2O2. The highest BCUT2D eigenvalue weighted by molar-refractivity contribution is 5.68. The van der Waals surface area contributed by atoms with E-state index in [-0.39, 0.29) is 17.7 Å². The first-order valence-corrected chi connectivity index (χ1v) is 7.36. The third-order valence-corrected chi connectivity index (χ3v) is 3.28. The number of carbonyl (C=O) groups is 1. The second-order valence-corrected chi connectivity index (χ2v) is 6.95. The lowest BCUT2D eigenvalue weighted by Crippen LogP contribution is -2.42. The Hall–Kier alpha value is -1.55. The molecule has 1 rings (SSSR count). The van der Waals surface area contributed by atoms with E-state index in [2.05, 4.69) is 24.5 Å². The SMILES string of the molecule is CNC(C)(C)CC(NC(=O)OC(C)(C)C)c1ccccc1. The Morgan fingerprint density at radius 1 is 1.14 bits per heavy atom. The summed E-state index contributed by atoms with van der Waals surface area (Å²) in [6.07, 6.45) is 0.385. The van der Waals surface area contributed by atoms with Gasteiger partial charge in [-0.3, -0.25) is 0 Å². The number of nitrogens with one attached hydrogen (secondary N) is 2. The Bertz CT molecular complexity index is 450. The molecule has 0 heterocycles. The first-order valence-electron chi connectivity index (χ1n) is 7.36. The summed E-state index contributed by atoms with van der Waals surface area (Å²) < 4.78 is 5.37. The minimum Gasteiger partial charge on any atom is -0.444 e. The van der Waals surface area contributed by atoms with Gasteiger partial charge < -0.3 is 15.4 Å². The van der Waals surface area contributed by atoms with Gasteiger partial charge in [0.1, 0.15) is 5.60 Å². The van der Waals surface area contributed by atoms with Crippen LogP contribution >= 0.6 is 0 Å². The summed E-state index contributed by atoms with van der Waals surface area (Å²) in [5, 5.41) is 6.25. The lowest BCUT2D eigenvalue weighted by atomic mass is 9.91. The molecular weight excluding hydrogens is 264 g/mol. The highest BCUT2D eigenvalue weighted by Gasteiger charge is 2.26. The van der Waals surface area contributed by atoms with E-state index < -0.39 is 5.60 Å². The van der Waals surface area contributed by atoms with E-state index >= 15 is 0 Å². The molecule has 0 aliphatic carbocycles. The lowest BCUT2D eigenvalue weighted by Gasteiger charge is -2.31. The summed E-state index contributed by atoms with van der Waals surface area (Å²) in [7, 11) is 1.93. The number of hydrogen-bond acceptors (Lipinski definition) is 3. The number of hydrogen-bond donors (Lipinski definition) is 2. The number of benzene rings is 1. The summed E-state index contributed by atoms with van der Waals surface area (Å²) in [5.74, 6) is 0. The zero-order valence-electron chi connectivity index (χ0n) is 14.0. The van der Waals surface area contributed by atoms with E-state index in [1.165, 1.54) is 0 Å². The zero-order chi connectivity index (χ0) is 16.1. The van der Waals surface area contributed by atoms with E-state index in [0.29, 0.717) is 0 Å². The Kier molecular flexibility index (Phi) is 5.78. The van der Waals surface area contributed by atoms with Crippen LogP contribution in [0.5, 0.6) is 0 Å². The van der Waals surface area contributed by atoms with Gasteiger partial charge in [-0.25, -0.2) is 4.79 Å². The Balaban J connectivity index is 2.85. The molecule has 0 spiro atoms. The highest BCUT2D eigenvalue weighted by Crippen LogP contribution is 2.24. The van der Waals surface area contributed by atoms with Crippen LogP contribution in [0.1, 0.15) is 52.6 Å². The summed E-state index contributed by atoms with van der Waals surface area (Å²) in [6, 6.07) is 9.87. The van der Waals surface area contributed by atoms with Gasteiger partial charge >= 0.3 is 6.09 Å². The highest BCUT2D eigenvalue weighted by atomic mass is 16.6. The topological polar surface area (TPSA) is 50.4 Å². The fourth-order valence-electron chi connectivity index (χ4n) is 2.00. The lowest BCUT2D eigenvalue weighted by molar-refractivity contribution is 0.0494. The first kappa shape index (κ1) is 17.5. The third kappa shape index (κ3) is 6.63. The molecule has 0 radical (unpaired) electrons. The Morgan fingerprint density at radius 2 is 1.71 bits per heavy atom. The predicted molar refractivity (Wildman–Crippen MR) is 86.3 cm³/mol. The minimum atomic E-state index is -0.496. The molecule has 2 N–H and O–H groups in total. The average molecular weight is 292 g/mol. The van der Waals surface area contributed by atoms with Crippen molar-refractivity contribution in [2.45, 2.75) is 58.2 Å². The van der Waals surface area contributed by atoms with Crippen LogP contribution in [0.2, 0.25) is 0 Å². The molecule has 0 fully saturated rings. The maximum absolute atomic E-state index is 12.1. The van der Waals surface area contributed by atoms with Crippen molar-refractivity contribution in [1.29, 1.82) is 0 Å². The van der Waals surface area contributed by atoms with Gasteiger partial charge in [-0.2, -0.15) is 0 Å². The van der Waals surface area contributed by atoms with Crippen molar-refractivity contribution in [3.05, 3.63) is 35.9 Å². The van der Waals surface area contributed by atoms with Crippen LogP contribution in [0.3, 0.4) is 0 Å². The Morgan fingerprint density at radius 3 is 2.19 bits per heavy atom. The minimum absolute atomic E-state index is 0.0878. The quantitative estimate of drug-likeness (QED) is 0.871. The molecule has 4 nitrogen and oxygen atoms in total. The summed E-state index contributed by atoms with van der Waals surface area (Å²) in [6.45, 7) is 9.81. The first-order chi connectivity index (χ1) is 9.63. The number of ether oxygens (including phenoxy) is 1. The maximum atomic E-state index is 12.1. The predicted octanol–water partition coefficient (Wildman–Crippen LogP) is 3.64. The molecule has 118 valence electrons. The number of rotatable bonds is 5.